The molecule has 2 aliphatic rings. The van der Waals surface area contributed by atoms with Gasteiger partial charge in [0.2, 0.25) is 0 Å². The highest BCUT2D eigenvalue weighted by Crippen LogP contribution is 2.21. The monoisotopic (exact) mass is 315 g/mol. The Labute approximate surface area is 139 Å². The maximum absolute atomic E-state index is 12.5. The molecule has 2 heterocycles. The highest BCUT2D eigenvalue weighted by atomic mass is 16.2. The molecule has 0 aromatic carbocycles. The Kier molecular flexibility index (Phi) is 5.89. The van der Waals surface area contributed by atoms with Crippen LogP contribution in [0.25, 0.3) is 0 Å². The average Bonchev–Trinajstić information content (AvgIpc) is 3.00. The molecule has 1 amide bonds. The van der Waals surface area contributed by atoms with Gasteiger partial charge in [-0.1, -0.05) is 38.5 Å². The van der Waals surface area contributed by atoms with E-state index in [0.29, 0.717) is 11.7 Å². The molecule has 4 heteroatoms. The SMILES string of the molecule is O=C(c1ccc(NC2CCCCCC2)cn1)N1CCCCCC1. The lowest BCUT2D eigenvalue weighted by Crippen LogP contribution is -2.32. The van der Waals surface area contributed by atoms with E-state index in [9.17, 15) is 4.79 Å². The minimum absolute atomic E-state index is 0.0907. The first-order valence-electron chi connectivity index (χ1n) is 9.35. The Morgan fingerprint density at radius 3 is 2.22 bits per heavy atom. The Morgan fingerprint density at radius 1 is 0.957 bits per heavy atom. The molecule has 1 N–H and O–H groups in total. The van der Waals surface area contributed by atoms with Gasteiger partial charge >= 0.3 is 0 Å². The van der Waals surface area contributed by atoms with E-state index < -0.39 is 0 Å². The number of hydrogen-bond donors (Lipinski definition) is 1. The molecule has 1 aromatic heterocycles. The first-order valence-corrected chi connectivity index (χ1v) is 9.35. The molecule has 1 aliphatic carbocycles. The summed E-state index contributed by atoms with van der Waals surface area (Å²) in [5, 5.41) is 3.59. The van der Waals surface area contributed by atoms with Crippen molar-refractivity contribution < 1.29 is 4.79 Å². The van der Waals surface area contributed by atoms with Gasteiger partial charge in [-0.3, -0.25) is 4.79 Å². The van der Waals surface area contributed by atoms with Gasteiger partial charge < -0.3 is 10.2 Å². The molecular formula is C19H29N3O. The lowest BCUT2D eigenvalue weighted by Gasteiger charge is -2.20. The number of anilines is 1. The Morgan fingerprint density at radius 2 is 1.61 bits per heavy atom. The molecule has 0 bridgehead atoms. The lowest BCUT2D eigenvalue weighted by molar-refractivity contribution is 0.0756. The van der Waals surface area contributed by atoms with Gasteiger partial charge in [0.05, 0.1) is 11.9 Å². The number of nitrogens with one attached hydrogen (secondary N) is 1. The van der Waals surface area contributed by atoms with E-state index in [1.165, 1.54) is 51.4 Å². The molecule has 126 valence electrons. The van der Waals surface area contributed by atoms with E-state index in [1.54, 1.807) is 0 Å². The molecule has 1 saturated heterocycles. The van der Waals surface area contributed by atoms with E-state index in [4.69, 9.17) is 0 Å². The van der Waals surface area contributed by atoms with Crippen LogP contribution in [-0.4, -0.2) is 34.9 Å². The maximum Gasteiger partial charge on any atom is 0.272 e. The van der Waals surface area contributed by atoms with Crippen LogP contribution in [-0.2, 0) is 0 Å². The number of nitrogens with zero attached hydrogens (tertiary/aromatic N) is 2. The van der Waals surface area contributed by atoms with E-state index >= 15 is 0 Å². The molecule has 2 fully saturated rings. The first kappa shape index (κ1) is 16.3. The molecule has 1 aromatic rings. The highest BCUT2D eigenvalue weighted by Gasteiger charge is 2.18. The first-order chi connectivity index (χ1) is 11.3. The summed E-state index contributed by atoms with van der Waals surface area (Å²) in [6.07, 6.45) is 14.4. The van der Waals surface area contributed by atoms with Gasteiger partial charge in [0, 0.05) is 19.1 Å². The van der Waals surface area contributed by atoms with Crippen LogP contribution >= 0.6 is 0 Å². The van der Waals surface area contributed by atoms with E-state index in [-0.39, 0.29) is 5.91 Å². The zero-order valence-corrected chi connectivity index (χ0v) is 14.1. The Balaban J connectivity index is 1.58. The minimum atomic E-state index is 0.0907. The summed E-state index contributed by atoms with van der Waals surface area (Å²) in [5.74, 6) is 0.0907. The molecule has 1 aliphatic heterocycles. The quantitative estimate of drug-likeness (QED) is 0.849. The van der Waals surface area contributed by atoms with Crippen molar-refractivity contribution in [1.29, 1.82) is 0 Å². The van der Waals surface area contributed by atoms with Crippen LogP contribution in [0.5, 0.6) is 0 Å². The summed E-state index contributed by atoms with van der Waals surface area (Å²) in [4.78, 5) is 18.9. The molecule has 0 radical (unpaired) electrons. The molecule has 0 unspecified atom stereocenters. The number of hydrogen-bond acceptors (Lipinski definition) is 3. The zero-order chi connectivity index (χ0) is 15.9. The van der Waals surface area contributed by atoms with Crippen molar-refractivity contribution in [3.05, 3.63) is 24.0 Å². The van der Waals surface area contributed by atoms with Gasteiger partial charge in [-0.05, 0) is 37.8 Å². The predicted molar refractivity (Wildman–Crippen MR) is 93.7 cm³/mol. The van der Waals surface area contributed by atoms with Gasteiger partial charge in [0.1, 0.15) is 5.69 Å². The molecule has 4 nitrogen and oxygen atoms in total. The normalized spacial score (nSPS) is 20.6. The predicted octanol–water partition coefficient (Wildman–Crippen LogP) is 4.23. The molecule has 1 saturated carbocycles. The third-order valence-electron chi connectivity index (χ3n) is 5.10. The summed E-state index contributed by atoms with van der Waals surface area (Å²) in [6.45, 7) is 1.76. The summed E-state index contributed by atoms with van der Waals surface area (Å²) in [6, 6.07) is 4.46. The second-order valence-corrected chi connectivity index (χ2v) is 6.97. The second kappa shape index (κ2) is 8.32. The molecule has 0 spiro atoms. The molecule has 23 heavy (non-hydrogen) atoms. The standard InChI is InChI=1S/C19H29N3O/c23-19(22-13-7-3-4-8-14-22)18-12-11-17(15-20-18)21-16-9-5-1-2-6-10-16/h11-12,15-16,21H,1-10,13-14H2. The smallest absolute Gasteiger partial charge is 0.272 e. The summed E-state index contributed by atoms with van der Waals surface area (Å²) in [7, 11) is 0. The highest BCUT2D eigenvalue weighted by molar-refractivity contribution is 5.92. The zero-order valence-electron chi connectivity index (χ0n) is 14.1. The molecular weight excluding hydrogens is 286 g/mol. The van der Waals surface area contributed by atoms with E-state index in [1.807, 2.05) is 23.2 Å². The van der Waals surface area contributed by atoms with Crippen LogP contribution in [0.3, 0.4) is 0 Å². The number of amides is 1. The van der Waals surface area contributed by atoms with Crippen molar-refractivity contribution in [3.63, 3.8) is 0 Å². The van der Waals surface area contributed by atoms with Crippen LogP contribution in [0.2, 0.25) is 0 Å². The summed E-state index contributed by atoms with van der Waals surface area (Å²) in [5.41, 5.74) is 1.63. The lowest BCUT2D eigenvalue weighted by atomic mass is 10.1. The fourth-order valence-corrected chi connectivity index (χ4v) is 3.70. The van der Waals surface area contributed by atoms with Crippen molar-refractivity contribution in [3.8, 4) is 0 Å². The van der Waals surface area contributed by atoms with Gasteiger partial charge in [-0.25, -0.2) is 4.98 Å². The summed E-state index contributed by atoms with van der Waals surface area (Å²) < 4.78 is 0. The van der Waals surface area contributed by atoms with Gasteiger partial charge in [0.25, 0.3) is 5.91 Å². The van der Waals surface area contributed by atoms with E-state index in [2.05, 4.69) is 10.3 Å². The van der Waals surface area contributed by atoms with Gasteiger partial charge in [0.15, 0.2) is 0 Å². The third kappa shape index (κ3) is 4.69. The van der Waals surface area contributed by atoms with Crippen molar-refractivity contribution in [2.24, 2.45) is 0 Å². The largest absolute Gasteiger partial charge is 0.381 e. The van der Waals surface area contributed by atoms with Crippen molar-refractivity contribution in [2.45, 2.75) is 70.3 Å². The number of rotatable bonds is 3. The van der Waals surface area contributed by atoms with Gasteiger partial charge in [-0.2, -0.15) is 0 Å². The van der Waals surface area contributed by atoms with Crippen LogP contribution in [0, 0.1) is 0 Å². The minimum Gasteiger partial charge on any atom is -0.381 e. The van der Waals surface area contributed by atoms with Crippen molar-refractivity contribution in [2.75, 3.05) is 18.4 Å². The maximum atomic E-state index is 12.5. The number of aromatic nitrogens is 1. The van der Waals surface area contributed by atoms with E-state index in [0.717, 1.165) is 31.6 Å². The van der Waals surface area contributed by atoms with Gasteiger partial charge in [-0.15, -0.1) is 0 Å². The number of pyridine rings is 1. The third-order valence-corrected chi connectivity index (χ3v) is 5.10. The second-order valence-electron chi connectivity index (χ2n) is 6.97. The fraction of sp³-hybridized carbons (Fsp3) is 0.684. The van der Waals surface area contributed by atoms with Crippen molar-refractivity contribution >= 4 is 11.6 Å². The topological polar surface area (TPSA) is 45.2 Å². The number of likely N-dealkylation sites (tertiary alicyclic amines) is 1. The fourth-order valence-electron chi connectivity index (χ4n) is 3.70. The number of carbonyl (C=O) groups is 1. The van der Waals surface area contributed by atoms with Crippen LogP contribution in [0.4, 0.5) is 5.69 Å². The average molecular weight is 315 g/mol. The summed E-state index contributed by atoms with van der Waals surface area (Å²) >= 11 is 0. The van der Waals surface area contributed by atoms with Crippen molar-refractivity contribution in [1.82, 2.24) is 9.88 Å². The van der Waals surface area contributed by atoms with Crippen LogP contribution in [0.1, 0.15) is 74.7 Å². The molecule has 3 rings (SSSR count). The van der Waals surface area contributed by atoms with Crippen LogP contribution in [0.15, 0.2) is 18.3 Å². The Hall–Kier alpha value is -1.58. The number of carbonyl (C=O) groups excluding carboxylic acids is 1. The molecule has 0 atom stereocenters. The Bertz CT molecular complexity index is 484. The van der Waals surface area contributed by atoms with Crippen LogP contribution < -0.4 is 5.32 Å².